The molecule has 6 heteroatoms. The molecule has 0 bridgehead atoms. The van der Waals surface area contributed by atoms with E-state index in [0.717, 1.165) is 51.6 Å². The molecule has 2 aliphatic heterocycles. The molecule has 1 aromatic carbocycles. The summed E-state index contributed by atoms with van der Waals surface area (Å²) in [5.74, 6) is 0.933. The summed E-state index contributed by atoms with van der Waals surface area (Å²) in [6.45, 7) is 15.8. The van der Waals surface area contributed by atoms with E-state index in [1.807, 2.05) is 7.05 Å². The zero-order valence-corrected chi connectivity index (χ0v) is 18.8. The van der Waals surface area contributed by atoms with E-state index in [-0.39, 0.29) is 0 Å². The van der Waals surface area contributed by atoms with Crippen LogP contribution in [0.2, 0.25) is 0 Å². The first-order chi connectivity index (χ1) is 14.1. The average Bonchev–Trinajstić information content (AvgIpc) is 3.10. The van der Waals surface area contributed by atoms with Gasteiger partial charge in [-0.2, -0.15) is 0 Å². The molecule has 0 amide bonds. The van der Waals surface area contributed by atoms with Gasteiger partial charge in [-0.1, -0.05) is 37.3 Å². The van der Waals surface area contributed by atoms with Gasteiger partial charge in [0.2, 0.25) is 0 Å². The first-order valence-electron chi connectivity index (χ1n) is 11.3. The summed E-state index contributed by atoms with van der Waals surface area (Å²) in [5, 5.41) is 7.22. The smallest absolute Gasteiger partial charge is 0.191 e. The highest BCUT2D eigenvalue weighted by molar-refractivity contribution is 5.80. The molecule has 2 fully saturated rings. The summed E-state index contributed by atoms with van der Waals surface area (Å²) >= 11 is 0. The maximum atomic E-state index is 4.48. The SMILES string of the molecule is CCN1CCN(C(C)CNC(=NC)NC2CC(C)N(Cc3ccccc3)C2)CC1. The van der Waals surface area contributed by atoms with Gasteiger partial charge < -0.3 is 15.5 Å². The van der Waals surface area contributed by atoms with E-state index in [0.29, 0.717) is 18.1 Å². The van der Waals surface area contributed by atoms with Crippen LogP contribution in [-0.4, -0.2) is 91.6 Å². The van der Waals surface area contributed by atoms with E-state index in [9.17, 15) is 0 Å². The predicted octanol–water partition coefficient (Wildman–Crippen LogP) is 1.84. The van der Waals surface area contributed by atoms with Crippen LogP contribution in [-0.2, 0) is 6.54 Å². The number of likely N-dealkylation sites (N-methyl/N-ethyl adjacent to an activating group) is 1. The average molecular weight is 401 g/mol. The van der Waals surface area contributed by atoms with Crippen molar-refractivity contribution in [3.63, 3.8) is 0 Å². The van der Waals surface area contributed by atoms with Crippen molar-refractivity contribution in [1.29, 1.82) is 0 Å². The van der Waals surface area contributed by atoms with Crippen molar-refractivity contribution in [2.45, 2.75) is 51.9 Å². The highest BCUT2D eigenvalue weighted by Crippen LogP contribution is 2.20. The van der Waals surface area contributed by atoms with Gasteiger partial charge in [0.1, 0.15) is 0 Å². The number of hydrogen-bond acceptors (Lipinski definition) is 4. The number of hydrogen-bond donors (Lipinski definition) is 2. The van der Waals surface area contributed by atoms with Gasteiger partial charge in [-0.3, -0.25) is 14.8 Å². The molecule has 3 atom stereocenters. The third-order valence-corrected chi connectivity index (χ3v) is 6.54. The predicted molar refractivity (Wildman–Crippen MR) is 122 cm³/mol. The number of likely N-dealkylation sites (tertiary alicyclic amines) is 1. The standard InChI is InChI=1S/C23H40N6/c1-5-27-11-13-28(14-12-27)20(3)16-25-23(24-4)26-22-15-19(2)29(18-22)17-21-9-7-6-8-10-21/h6-10,19-20,22H,5,11-18H2,1-4H3,(H2,24,25,26). The molecule has 0 radical (unpaired) electrons. The second-order valence-corrected chi connectivity index (χ2v) is 8.61. The monoisotopic (exact) mass is 400 g/mol. The molecule has 0 aromatic heterocycles. The van der Waals surface area contributed by atoms with Crippen LogP contribution in [0.1, 0.15) is 32.8 Å². The van der Waals surface area contributed by atoms with Gasteiger partial charge in [0.25, 0.3) is 0 Å². The second kappa shape index (κ2) is 11.0. The summed E-state index contributed by atoms with van der Waals surface area (Å²) in [7, 11) is 1.88. The van der Waals surface area contributed by atoms with E-state index in [4.69, 9.17) is 0 Å². The Bertz CT molecular complexity index is 626. The van der Waals surface area contributed by atoms with Gasteiger partial charge >= 0.3 is 0 Å². The number of aliphatic imine (C=N–C) groups is 1. The molecule has 2 heterocycles. The van der Waals surface area contributed by atoms with Crippen LogP contribution in [0.3, 0.4) is 0 Å². The summed E-state index contributed by atoms with van der Waals surface area (Å²) in [5.41, 5.74) is 1.39. The Hall–Kier alpha value is -1.63. The number of piperazine rings is 1. The Labute approximate surface area is 177 Å². The van der Waals surface area contributed by atoms with Crippen LogP contribution >= 0.6 is 0 Å². The maximum Gasteiger partial charge on any atom is 0.191 e. The van der Waals surface area contributed by atoms with Crippen LogP contribution in [0.15, 0.2) is 35.3 Å². The lowest BCUT2D eigenvalue weighted by Gasteiger charge is -2.37. The Morgan fingerprint density at radius 2 is 1.90 bits per heavy atom. The molecule has 29 heavy (non-hydrogen) atoms. The summed E-state index contributed by atoms with van der Waals surface area (Å²) in [6, 6.07) is 12.3. The third kappa shape index (κ3) is 6.43. The first kappa shape index (κ1) is 22.1. The number of guanidine groups is 1. The highest BCUT2D eigenvalue weighted by atomic mass is 15.3. The minimum Gasteiger partial charge on any atom is -0.355 e. The van der Waals surface area contributed by atoms with Crippen LogP contribution in [0.25, 0.3) is 0 Å². The third-order valence-electron chi connectivity index (χ3n) is 6.54. The van der Waals surface area contributed by atoms with E-state index in [2.05, 4.69) is 81.4 Å². The molecule has 1 aromatic rings. The topological polar surface area (TPSA) is 46.1 Å². The molecule has 0 aliphatic carbocycles. The van der Waals surface area contributed by atoms with Crippen molar-refractivity contribution < 1.29 is 0 Å². The first-order valence-corrected chi connectivity index (χ1v) is 11.3. The zero-order chi connectivity index (χ0) is 20.6. The molecule has 0 spiro atoms. The number of nitrogens with one attached hydrogen (secondary N) is 2. The lowest BCUT2D eigenvalue weighted by Crippen LogP contribution is -2.53. The molecule has 3 unspecified atom stereocenters. The fourth-order valence-electron chi connectivity index (χ4n) is 4.52. The van der Waals surface area contributed by atoms with Crippen molar-refractivity contribution in [3.05, 3.63) is 35.9 Å². The lowest BCUT2D eigenvalue weighted by molar-refractivity contribution is 0.107. The lowest BCUT2D eigenvalue weighted by atomic mass is 10.2. The molecule has 162 valence electrons. The molecule has 2 saturated heterocycles. The molecule has 0 saturated carbocycles. The van der Waals surface area contributed by atoms with Gasteiger partial charge in [-0.25, -0.2) is 0 Å². The molecule has 2 aliphatic rings. The Balaban J connectivity index is 1.42. The molecular formula is C23H40N6. The molecule has 3 rings (SSSR count). The number of rotatable bonds is 7. The second-order valence-electron chi connectivity index (χ2n) is 8.61. The van der Waals surface area contributed by atoms with E-state index < -0.39 is 0 Å². The summed E-state index contributed by atoms with van der Waals surface area (Å²) < 4.78 is 0. The minimum atomic E-state index is 0.448. The van der Waals surface area contributed by atoms with Crippen molar-refractivity contribution in [3.8, 4) is 0 Å². The quantitative estimate of drug-likeness (QED) is 0.540. The Morgan fingerprint density at radius 3 is 2.55 bits per heavy atom. The highest BCUT2D eigenvalue weighted by Gasteiger charge is 2.29. The van der Waals surface area contributed by atoms with Gasteiger partial charge in [-0.15, -0.1) is 0 Å². The maximum absolute atomic E-state index is 4.48. The summed E-state index contributed by atoms with van der Waals surface area (Å²) in [6.07, 6.45) is 1.15. The van der Waals surface area contributed by atoms with E-state index in [1.54, 1.807) is 0 Å². The van der Waals surface area contributed by atoms with Gasteiger partial charge in [0.15, 0.2) is 5.96 Å². The number of nitrogens with zero attached hydrogens (tertiary/aromatic N) is 4. The number of benzene rings is 1. The van der Waals surface area contributed by atoms with Gasteiger partial charge in [0.05, 0.1) is 0 Å². The Morgan fingerprint density at radius 1 is 1.17 bits per heavy atom. The Kier molecular flexibility index (Phi) is 8.33. The minimum absolute atomic E-state index is 0.448. The van der Waals surface area contributed by atoms with Crippen LogP contribution < -0.4 is 10.6 Å². The van der Waals surface area contributed by atoms with Crippen molar-refractivity contribution >= 4 is 5.96 Å². The fraction of sp³-hybridized carbons (Fsp3) is 0.696. The van der Waals surface area contributed by atoms with Crippen LogP contribution in [0, 0.1) is 0 Å². The normalized spacial score (nSPS) is 25.9. The zero-order valence-electron chi connectivity index (χ0n) is 18.8. The van der Waals surface area contributed by atoms with Crippen LogP contribution in [0.5, 0.6) is 0 Å². The van der Waals surface area contributed by atoms with Crippen molar-refractivity contribution in [2.24, 2.45) is 4.99 Å². The van der Waals surface area contributed by atoms with Crippen molar-refractivity contribution in [2.75, 3.05) is 52.9 Å². The van der Waals surface area contributed by atoms with Crippen molar-refractivity contribution in [1.82, 2.24) is 25.3 Å². The molecular weight excluding hydrogens is 360 g/mol. The van der Waals surface area contributed by atoms with Gasteiger partial charge in [0, 0.05) is 71.0 Å². The van der Waals surface area contributed by atoms with Gasteiger partial charge in [-0.05, 0) is 32.4 Å². The fourth-order valence-corrected chi connectivity index (χ4v) is 4.52. The van der Waals surface area contributed by atoms with E-state index >= 15 is 0 Å². The molecule has 2 N–H and O–H groups in total. The molecule has 6 nitrogen and oxygen atoms in total. The van der Waals surface area contributed by atoms with E-state index in [1.165, 1.54) is 18.7 Å². The van der Waals surface area contributed by atoms with Crippen LogP contribution in [0.4, 0.5) is 0 Å². The largest absolute Gasteiger partial charge is 0.355 e. The summed E-state index contributed by atoms with van der Waals surface area (Å²) in [4.78, 5) is 12.2.